The van der Waals surface area contributed by atoms with E-state index in [4.69, 9.17) is 5.41 Å². The number of rotatable bonds is 0. The van der Waals surface area contributed by atoms with E-state index in [1.165, 1.54) is 0 Å². The molecule has 7 N–H and O–H groups in total. The van der Waals surface area contributed by atoms with Crippen molar-refractivity contribution in [1.29, 1.82) is 5.41 Å². The first-order valence-electron chi connectivity index (χ1n) is 1.52. The SMILES string of the molecule is N=C(N)[Se].NC(N)=S. The number of hydrogen-bond acceptors (Lipinski definition) is 2. The topological polar surface area (TPSA) is 102 Å². The van der Waals surface area contributed by atoms with Crippen molar-refractivity contribution in [3.05, 3.63) is 0 Å². The van der Waals surface area contributed by atoms with Crippen LogP contribution in [0.25, 0.3) is 0 Å². The summed E-state index contributed by atoms with van der Waals surface area (Å²) in [5.41, 5.74) is 13.9. The molecule has 8 heavy (non-hydrogen) atoms. The molecule has 0 aromatic carbocycles. The summed E-state index contributed by atoms with van der Waals surface area (Å²) < 4.78 is 0.0417. The number of amidine groups is 1. The molecule has 0 rings (SSSR count). The van der Waals surface area contributed by atoms with E-state index in [0.717, 1.165) is 0 Å². The van der Waals surface area contributed by atoms with E-state index in [1.54, 1.807) is 0 Å². The molecule has 6 heteroatoms. The molecule has 0 saturated carbocycles. The van der Waals surface area contributed by atoms with Gasteiger partial charge in [0, 0.05) is 0 Å². The molecule has 0 unspecified atom stereocenters. The fourth-order valence-corrected chi connectivity index (χ4v) is 0. The maximum atomic E-state index is 6.22. The Morgan fingerprint density at radius 3 is 1.38 bits per heavy atom. The average Bonchev–Trinajstić information content (AvgIpc) is 1.25. The van der Waals surface area contributed by atoms with Crippen LogP contribution in [-0.4, -0.2) is 25.9 Å². The van der Waals surface area contributed by atoms with Crippen molar-refractivity contribution < 1.29 is 0 Å². The van der Waals surface area contributed by atoms with Crippen molar-refractivity contribution in [2.45, 2.75) is 0 Å². The zero-order chi connectivity index (χ0) is 7.15. The maximum absolute atomic E-state index is 6.22. The summed E-state index contributed by atoms with van der Waals surface area (Å²) in [5, 5.41) is 6.22. The van der Waals surface area contributed by atoms with E-state index >= 15 is 0 Å². The average molecular weight is 198 g/mol. The molecule has 0 amide bonds. The molecule has 0 spiro atoms. The second-order valence-corrected chi connectivity index (χ2v) is 2.16. The molecular formula is C2H7N4SSe. The van der Waals surface area contributed by atoms with Gasteiger partial charge in [-0.3, -0.25) is 0 Å². The van der Waals surface area contributed by atoms with E-state index in [9.17, 15) is 0 Å². The van der Waals surface area contributed by atoms with Gasteiger partial charge in [0.15, 0.2) is 5.11 Å². The van der Waals surface area contributed by atoms with Gasteiger partial charge < -0.3 is 11.5 Å². The van der Waals surface area contributed by atoms with Crippen LogP contribution in [0.1, 0.15) is 0 Å². The quantitative estimate of drug-likeness (QED) is 0.160. The van der Waals surface area contributed by atoms with Crippen LogP contribution in [0.4, 0.5) is 0 Å². The van der Waals surface area contributed by atoms with Crippen LogP contribution in [0, 0.1) is 5.41 Å². The molecule has 0 aliphatic rings. The Morgan fingerprint density at radius 2 is 1.38 bits per heavy atom. The van der Waals surface area contributed by atoms with Crippen molar-refractivity contribution in [1.82, 2.24) is 0 Å². The molecule has 0 heterocycles. The van der Waals surface area contributed by atoms with Crippen molar-refractivity contribution in [3.63, 3.8) is 0 Å². The molecule has 0 aliphatic heterocycles. The summed E-state index contributed by atoms with van der Waals surface area (Å²) >= 11 is 6.36. The third-order valence-electron chi connectivity index (χ3n) is 0. The number of thiocarbonyl (C=S) groups is 1. The van der Waals surface area contributed by atoms with Gasteiger partial charge in [-0.1, -0.05) is 0 Å². The van der Waals surface area contributed by atoms with Crippen LogP contribution < -0.4 is 17.2 Å². The van der Waals surface area contributed by atoms with Gasteiger partial charge in [-0.2, -0.15) is 0 Å². The molecule has 4 nitrogen and oxygen atoms in total. The Morgan fingerprint density at radius 1 is 1.38 bits per heavy atom. The third kappa shape index (κ3) is 1210. The minimum absolute atomic E-state index is 0.000000000000000222. The fraction of sp³-hybridized carbons (Fsp3) is 0. The standard InChI is InChI=1S/CH4N2S.CH3N2Se/c2*2-1(3)4/h(H4,2,3,4);(H3,2,3). The fourth-order valence-electron chi connectivity index (χ4n) is 0. The summed E-state index contributed by atoms with van der Waals surface area (Å²) in [5.74, 6) is 0. The predicted molar refractivity (Wildman–Crippen MR) is 38.6 cm³/mol. The van der Waals surface area contributed by atoms with Crippen molar-refractivity contribution in [2.24, 2.45) is 17.2 Å². The second kappa shape index (κ2) is 6.68. The molecule has 0 atom stereocenters. The molecule has 0 bridgehead atoms. The van der Waals surface area contributed by atoms with E-state index < -0.39 is 0 Å². The zero-order valence-electron chi connectivity index (χ0n) is 4.05. The summed E-state index contributed by atoms with van der Waals surface area (Å²) in [6.07, 6.45) is 0. The normalized spacial score (nSPS) is 6.00. The Kier molecular flexibility index (Phi) is 8.87. The number of nitrogens with one attached hydrogen (secondary N) is 1. The number of hydrogen-bond donors (Lipinski definition) is 4. The van der Waals surface area contributed by atoms with Crippen LogP contribution in [0.5, 0.6) is 0 Å². The minimum atomic E-state index is 0.000000000000000222. The first-order valence-corrected chi connectivity index (χ1v) is 2.79. The summed E-state index contributed by atoms with van der Waals surface area (Å²) in [6.45, 7) is 0. The minimum Gasteiger partial charge on any atom is -0.377 e. The van der Waals surface area contributed by atoms with Gasteiger partial charge in [-0.15, -0.1) is 0 Å². The summed E-state index contributed by atoms with van der Waals surface area (Å²) in [4.78, 5) is 0. The van der Waals surface area contributed by atoms with Gasteiger partial charge in [0.2, 0.25) is 0 Å². The molecule has 0 aromatic heterocycles. The van der Waals surface area contributed by atoms with Crippen LogP contribution in [0.15, 0.2) is 0 Å². The summed E-state index contributed by atoms with van der Waals surface area (Å²) in [7, 11) is 0. The first-order chi connectivity index (χ1) is 3.46. The van der Waals surface area contributed by atoms with Crippen LogP contribution in [0.3, 0.4) is 0 Å². The Bertz CT molecular complexity index is 72.0. The first kappa shape index (κ1) is 10.6. The van der Waals surface area contributed by atoms with E-state index in [2.05, 4.69) is 45.4 Å². The Labute approximate surface area is 61.1 Å². The molecule has 0 fully saturated rings. The predicted octanol–water partition coefficient (Wildman–Crippen LogP) is -1.76. The monoisotopic (exact) mass is 199 g/mol. The molecule has 0 aliphatic carbocycles. The molecule has 1 radical (unpaired) electrons. The van der Waals surface area contributed by atoms with E-state index in [-0.39, 0.29) is 9.85 Å². The Balaban J connectivity index is 0. The van der Waals surface area contributed by atoms with Gasteiger partial charge in [-0.05, 0) is 12.2 Å². The maximum Gasteiger partial charge on any atom is 0.160 e. The van der Waals surface area contributed by atoms with E-state index in [1.807, 2.05) is 0 Å². The molecular weight excluding hydrogens is 191 g/mol. The van der Waals surface area contributed by atoms with Crippen LogP contribution in [0.2, 0.25) is 0 Å². The smallest absolute Gasteiger partial charge is 0.160 e. The van der Waals surface area contributed by atoms with Crippen LogP contribution in [-0.2, 0) is 0 Å². The second-order valence-electron chi connectivity index (χ2n) is 0.767. The Hall–Kier alpha value is -0.321. The van der Waals surface area contributed by atoms with Crippen molar-refractivity contribution >= 4 is 38.1 Å². The van der Waals surface area contributed by atoms with Crippen LogP contribution >= 0.6 is 12.2 Å². The molecule has 47 valence electrons. The molecule has 0 saturated heterocycles. The summed E-state index contributed by atoms with van der Waals surface area (Å²) in [6, 6.07) is 0. The van der Waals surface area contributed by atoms with Crippen molar-refractivity contribution in [2.75, 3.05) is 0 Å². The van der Waals surface area contributed by atoms with Gasteiger partial charge >= 0.3 is 31.9 Å². The largest absolute Gasteiger partial charge is 0.377 e. The number of nitrogens with two attached hydrogens (primary N) is 3. The van der Waals surface area contributed by atoms with Gasteiger partial charge in [0.05, 0.1) is 0 Å². The van der Waals surface area contributed by atoms with Crippen molar-refractivity contribution in [3.8, 4) is 0 Å². The van der Waals surface area contributed by atoms with Gasteiger partial charge in [0.1, 0.15) is 0 Å². The zero-order valence-corrected chi connectivity index (χ0v) is 6.58. The molecule has 0 aromatic rings. The third-order valence-corrected chi connectivity index (χ3v) is 0. The van der Waals surface area contributed by atoms with Gasteiger partial charge in [0.25, 0.3) is 0 Å². The van der Waals surface area contributed by atoms with Gasteiger partial charge in [-0.25, -0.2) is 0 Å². The van der Waals surface area contributed by atoms with E-state index in [0.29, 0.717) is 0 Å².